The lowest BCUT2D eigenvalue weighted by Gasteiger charge is -2.12. The number of aryl methyl sites for hydroxylation is 1. The summed E-state index contributed by atoms with van der Waals surface area (Å²) < 4.78 is 29.1. The Morgan fingerprint density at radius 3 is 2.85 bits per heavy atom. The van der Waals surface area contributed by atoms with E-state index in [1.807, 2.05) is 11.8 Å². The van der Waals surface area contributed by atoms with Gasteiger partial charge in [0.05, 0.1) is 11.5 Å². The van der Waals surface area contributed by atoms with Crippen molar-refractivity contribution in [3.8, 4) is 0 Å². The van der Waals surface area contributed by atoms with Gasteiger partial charge in [-0.1, -0.05) is 6.92 Å². The summed E-state index contributed by atoms with van der Waals surface area (Å²) in [5.41, 5.74) is 0.594. The third-order valence-electron chi connectivity index (χ3n) is 3.66. The molecule has 0 aliphatic heterocycles. The topological polar surface area (TPSA) is 71.3 Å². The average molecular weight is 318 g/mol. The number of thioether (sulfide) groups is 1. The molecule has 1 aliphatic carbocycles. The molecule has 7 heteroatoms. The van der Waals surface area contributed by atoms with Gasteiger partial charge in [0.1, 0.15) is 0 Å². The maximum atomic E-state index is 12.3. The van der Waals surface area contributed by atoms with Gasteiger partial charge in [-0.25, -0.2) is 13.1 Å². The van der Waals surface area contributed by atoms with Crippen LogP contribution in [-0.2, 0) is 23.7 Å². The second-order valence-corrected chi connectivity index (χ2v) is 8.44. The number of hydrogen-bond donors (Lipinski definition) is 2. The first kappa shape index (κ1) is 15.9. The second kappa shape index (κ2) is 6.51. The van der Waals surface area contributed by atoms with Gasteiger partial charge in [-0.15, -0.1) is 0 Å². The highest BCUT2D eigenvalue weighted by Gasteiger charge is 2.29. The van der Waals surface area contributed by atoms with Gasteiger partial charge in [0, 0.05) is 30.2 Å². The summed E-state index contributed by atoms with van der Waals surface area (Å²) in [6, 6.07) is 1.55. The summed E-state index contributed by atoms with van der Waals surface area (Å²) in [6.45, 7) is 1.97. The van der Waals surface area contributed by atoms with Gasteiger partial charge in [-0.3, -0.25) is 0 Å². The van der Waals surface area contributed by atoms with Gasteiger partial charge in [-0.2, -0.15) is 11.8 Å². The van der Waals surface area contributed by atoms with Crippen molar-refractivity contribution in [3.05, 3.63) is 18.0 Å². The van der Waals surface area contributed by atoms with Crippen LogP contribution in [0.5, 0.6) is 0 Å². The van der Waals surface area contributed by atoms with Crippen LogP contribution in [0.2, 0.25) is 0 Å². The number of aliphatic hydroxyl groups excluding tert-OH is 1. The van der Waals surface area contributed by atoms with E-state index >= 15 is 0 Å². The van der Waals surface area contributed by atoms with Crippen LogP contribution in [-0.4, -0.2) is 35.1 Å². The molecule has 1 aromatic rings. The Kier molecular flexibility index (Phi) is 5.17. The van der Waals surface area contributed by atoms with E-state index in [1.165, 1.54) is 6.07 Å². The lowest BCUT2D eigenvalue weighted by Crippen LogP contribution is -2.33. The van der Waals surface area contributed by atoms with E-state index in [1.54, 1.807) is 17.8 Å². The first-order chi connectivity index (χ1) is 9.46. The monoisotopic (exact) mass is 318 g/mol. The summed E-state index contributed by atoms with van der Waals surface area (Å²) in [4.78, 5) is 0.232. The highest BCUT2D eigenvalue weighted by molar-refractivity contribution is 7.99. The molecule has 20 heavy (non-hydrogen) atoms. The highest BCUT2D eigenvalue weighted by atomic mass is 32.2. The summed E-state index contributed by atoms with van der Waals surface area (Å²) >= 11 is 1.90. The zero-order valence-electron chi connectivity index (χ0n) is 11.9. The zero-order chi connectivity index (χ0) is 14.8. The Morgan fingerprint density at radius 2 is 2.25 bits per heavy atom. The molecule has 2 unspecified atom stereocenters. The van der Waals surface area contributed by atoms with Crippen molar-refractivity contribution in [2.24, 2.45) is 7.05 Å². The first-order valence-electron chi connectivity index (χ1n) is 6.86. The number of sulfonamides is 1. The van der Waals surface area contributed by atoms with E-state index in [0.717, 1.165) is 25.0 Å². The van der Waals surface area contributed by atoms with E-state index < -0.39 is 10.0 Å². The number of hydrogen-bond acceptors (Lipinski definition) is 4. The minimum atomic E-state index is -3.49. The fraction of sp³-hybridized carbons (Fsp3) is 0.692. The van der Waals surface area contributed by atoms with Crippen LogP contribution in [0.25, 0.3) is 0 Å². The Bertz CT molecular complexity index is 554. The van der Waals surface area contributed by atoms with Crippen LogP contribution >= 0.6 is 11.8 Å². The Labute approximate surface area is 124 Å². The molecule has 0 spiro atoms. The maximum absolute atomic E-state index is 12.3. The predicted octanol–water partition coefficient (Wildman–Crippen LogP) is 1.47. The smallest absolute Gasteiger partial charge is 0.242 e. The molecule has 1 fully saturated rings. The molecule has 1 heterocycles. The molecule has 114 valence electrons. The molecular formula is C13H22N2O3S2. The largest absolute Gasteiger partial charge is 0.390 e. The van der Waals surface area contributed by atoms with E-state index in [2.05, 4.69) is 11.6 Å². The SMILES string of the molecule is CCSC1CCC(NS(=O)(=O)c2cc(CO)n(C)c2)C1. The predicted molar refractivity (Wildman–Crippen MR) is 81.2 cm³/mol. The average Bonchev–Trinajstić information content (AvgIpc) is 2.96. The van der Waals surface area contributed by atoms with Crippen LogP contribution in [0, 0.1) is 0 Å². The van der Waals surface area contributed by atoms with Gasteiger partial charge < -0.3 is 9.67 Å². The molecule has 0 amide bonds. The van der Waals surface area contributed by atoms with Gasteiger partial charge in [0.15, 0.2) is 0 Å². The third-order valence-corrected chi connectivity index (χ3v) is 6.38. The molecule has 1 aliphatic rings. The van der Waals surface area contributed by atoms with Crippen LogP contribution in [0.1, 0.15) is 31.9 Å². The van der Waals surface area contributed by atoms with Crippen LogP contribution in [0.3, 0.4) is 0 Å². The molecule has 0 aromatic carbocycles. The maximum Gasteiger partial charge on any atom is 0.242 e. The van der Waals surface area contributed by atoms with Gasteiger partial charge >= 0.3 is 0 Å². The normalized spacial score (nSPS) is 23.4. The molecule has 2 rings (SSSR count). The number of rotatable bonds is 6. The summed E-state index contributed by atoms with van der Waals surface area (Å²) in [6.07, 6.45) is 4.41. The number of nitrogens with one attached hydrogen (secondary N) is 1. The molecular weight excluding hydrogens is 296 g/mol. The van der Waals surface area contributed by atoms with Crippen molar-refractivity contribution in [3.63, 3.8) is 0 Å². The summed E-state index contributed by atoms with van der Waals surface area (Å²) in [5.74, 6) is 1.07. The van der Waals surface area contributed by atoms with Crippen molar-refractivity contribution < 1.29 is 13.5 Å². The molecule has 2 atom stereocenters. The molecule has 1 aromatic heterocycles. The van der Waals surface area contributed by atoms with Gasteiger partial charge in [0.25, 0.3) is 0 Å². The number of aliphatic hydroxyl groups is 1. The summed E-state index contributed by atoms with van der Waals surface area (Å²) in [5, 5.41) is 9.70. The third kappa shape index (κ3) is 3.58. The molecule has 0 saturated heterocycles. The molecule has 5 nitrogen and oxygen atoms in total. The molecule has 0 radical (unpaired) electrons. The molecule has 2 N–H and O–H groups in total. The van der Waals surface area contributed by atoms with Crippen LogP contribution in [0.15, 0.2) is 17.2 Å². The van der Waals surface area contributed by atoms with Gasteiger partial charge in [0.2, 0.25) is 10.0 Å². The first-order valence-corrected chi connectivity index (χ1v) is 9.39. The van der Waals surface area contributed by atoms with Crippen molar-refractivity contribution in [1.29, 1.82) is 0 Å². The Morgan fingerprint density at radius 1 is 1.50 bits per heavy atom. The van der Waals surface area contributed by atoms with Crippen LogP contribution < -0.4 is 4.72 Å². The quantitative estimate of drug-likeness (QED) is 0.833. The fourth-order valence-corrected chi connectivity index (χ4v) is 5.12. The highest BCUT2D eigenvalue weighted by Crippen LogP contribution is 2.30. The molecule has 1 saturated carbocycles. The van der Waals surface area contributed by atoms with Gasteiger partial charge in [-0.05, 0) is 31.1 Å². The van der Waals surface area contributed by atoms with Crippen molar-refractivity contribution in [1.82, 2.24) is 9.29 Å². The lowest BCUT2D eigenvalue weighted by atomic mass is 10.3. The van der Waals surface area contributed by atoms with E-state index in [0.29, 0.717) is 10.9 Å². The standard InChI is InChI=1S/C13H22N2O3S2/c1-3-19-12-5-4-10(6-12)14-20(17,18)13-7-11(9-16)15(2)8-13/h7-8,10,12,14,16H,3-6,9H2,1-2H3. The minimum absolute atomic E-state index is 0.0295. The Balaban J connectivity index is 2.04. The lowest BCUT2D eigenvalue weighted by molar-refractivity contribution is 0.272. The van der Waals surface area contributed by atoms with Crippen molar-refractivity contribution >= 4 is 21.8 Å². The van der Waals surface area contributed by atoms with E-state index in [9.17, 15) is 8.42 Å². The van der Waals surface area contributed by atoms with Crippen LogP contribution in [0.4, 0.5) is 0 Å². The second-order valence-electron chi connectivity index (χ2n) is 5.14. The van der Waals surface area contributed by atoms with Crippen molar-refractivity contribution in [2.45, 2.75) is 49.0 Å². The Hall–Kier alpha value is -0.500. The number of aromatic nitrogens is 1. The number of nitrogens with zero attached hydrogens (tertiary/aromatic N) is 1. The minimum Gasteiger partial charge on any atom is -0.390 e. The summed E-state index contributed by atoms with van der Waals surface area (Å²) in [7, 11) is -1.75. The van der Waals surface area contributed by atoms with Crippen molar-refractivity contribution in [2.75, 3.05) is 5.75 Å². The van der Waals surface area contributed by atoms with E-state index in [4.69, 9.17) is 5.11 Å². The fourth-order valence-electron chi connectivity index (χ4n) is 2.60. The zero-order valence-corrected chi connectivity index (χ0v) is 13.5. The van der Waals surface area contributed by atoms with E-state index in [-0.39, 0.29) is 17.5 Å². The molecule has 0 bridgehead atoms.